The van der Waals surface area contributed by atoms with Gasteiger partial charge in [-0.05, 0) is 49.2 Å². The van der Waals surface area contributed by atoms with Gasteiger partial charge in [-0.1, -0.05) is 37.5 Å². The summed E-state index contributed by atoms with van der Waals surface area (Å²) in [6.45, 7) is 3.98. The number of rotatable bonds is 5. The molecule has 0 unspecified atom stereocenters. The second-order valence-corrected chi connectivity index (χ2v) is 6.85. The predicted molar refractivity (Wildman–Crippen MR) is 94.5 cm³/mol. The molecule has 7 nitrogen and oxygen atoms in total. The van der Waals surface area contributed by atoms with Gasteiger partial charge in [-0.2, -0.15) is 9.36 Å². The molecular weight excluding hydrogens is 318 g/mol. The van der Waals surface area contributed by atoms with E-state index in [1.165, 1.54) is 11.1 Å². The summed E-state index contributed by atoms with van der Waals surface area (Å²) in [5, 5.41) is 7.79. The highest BCUT2D eigenvalue weighted by Gasteiger charge is 2.28. The molecule has 1 fully saturated rings. The third kappa shape index (κ3) is 3.81. The Bertz CT molecular complexity index is 759. The minimum atomic E-state index is -0.396. The van der Waals surface area contributed by atoms with E-state index in [0.717, 1.165) is 30.4 Å². The fraction of sp³-hybridized carbons (Fsp3) is 0.556. The fourth-order valence-electron chi connectivity index (χ4n) is 3.59. The molecule has 2 aromatic rings. The van der Waals surface area contributed by atoms with Gasteiger partial charge in [0.05, 0.1) is 5.69 Å². The number of aromatic nitrogens is 4. The van der Waals surface area contributed by atoms with E-state index in [1.807, 2.05) is 36.9 Å². The molecular formula is C18H25N5O2. The largest absolute Gasteiger partial charge is 0.368 e. The normalized spacial score (nSPS) is 15.5. The highest BCUT2D eigenvalue weighted by molar-refractivity contribution is 5.76. The van der Waals surface area contributed by atoms with E-state index in [2.05, 4.69) is 10.4 Å². The number of para-hydroxylation sites is 1. The van der Waals surface area contributed by atoms with Crippen molar-refractivity contribution in [3.05, 3.63) is 40.8 Å². The highest BCUT2D eigenvalue weighted by Crippen LogP contribution is 2.24. The van der Waals surface area contributed by atoms with Crippen LogP contribution in [0.25, 0.3) is 5.69 Å². The van der Waals surface area contributed by atoms with Gasteiger partial charge >= 0.3 is 5.69 Å². The molecule has 3 rings (SSSR count). The molecule has 1 aromatic carbocycles. The van der Waals surface area contributed by atoms with E-state index in [9.17, 15) is 9.59 Å². The first kappa shape index (κ1) is 17.4. The number of carbonyl (C=O) groups is 1. The molecule has 0 bridgehead atoms. The van der Waals surface area contributed by atoms with Gasteiger partial charge in [0.15, 0.2) is 0 Å². The molecule has 1 aliphatic rings. The van der Waals surface area contributed by atoms with E-state index in [1.54, 1.807) is 12.1 Å². The summed E-state index contributed by atoms with van der Waals surface area (Å²) >= 11 is 0. The first-order valence-electron chi connectivity index (χ1n) is 8.97. The summed E-state index contributed by atoms with van der Waals surface area (Å²) < 4.78 is 2.36. The van der Waals surface area contributed by atoms with Crippen LogP contribution < -0.4 is 5.69 Å². The molecule has 1 heterocycles. The quantitative estimate of drug-likeness (QED) is 0.832. The second-order valence-electron chi connectivity index (χ2n) is 6.85. The van der Waals surface area contributed by atoms with Crippen LogP contribution in [0.2, 0.25) is 0 Å². The molecule has 1 aromatic heterocycles. The molecule has 0 spiro atoms. The zero-order chi connectivity index (χ0) is 17.8. The topological polar surface area (TPSA) is 73.0 Å². The first-order chi connectivity index (χ1) is 12.1. The SMILES string of the molecule is CC(C)N(C(=O)Cn1nnn(-c2ccccc2)c1=O)C1CCCCC1. The van der Waals surface area contributed by atoms with Crippen LogP contribution in [0.15, 0.2) is 35.1 Å². The number of hydrogen-bond donors (Lipinski definition) is 0. The number of amides is 1. The number of nitrogens with zero attached hydrogens (tertiary/aromatic N) is 5. The second kappa shape index (κ2) is 7.63. The van der Waals surface area contributed by atoms with Gasteiger partial charge in [-0.15, -0.1) is 0 Å². The average Bonchev–Trinajstić information content (AvgIpc) is 2.97. The van der Waals surface area contributed by atoms with E-state index in [0.29, 0.717) is 5.69 Å². The number of benzene rings is 1. The Hall–Kier alpha value is -2.44. The zero-order valence-electron chi connectivity index (χ0n) is 14.8. The van der Waals surface area contributed by atoms with Gasteiger partial charge in [0, 0.05) is 12.1 Å². The molecule has 0 N–H and O–H groups in total. The first-order valence-corrected chi connectivity index (χ1v) is 8.97. The standard InChI is InChI=1S/C18H25N5O2/c1-14(2)22(15-9-5-3-6-10-15)17(24)13-21-18(25)23(20-19-21)16-11-7-4-8-12-16/h4,7-8,11-12,14-15H,3,5-6,9-10,13H2,1-2H3. The van der Waals surface area contributed by atoms with Crippen LogP contribution >= 0.6 is 0 Å². The zero-order valence-corrected chi connectivity index (χ0v) is 14.8. The summed E-state index contributed by atoms with van der Waals surface area (Å²) in [6.07, 6.45) is 5.63. The lowest BCUT2D eigenvalue weighted by Crippen LogP contribution is -2.48. The number of carbonyl (C=O) groups excluding carboxylic acids is 1. The third-order valence-electron chi connectivity index (χ3n) is 4.74. The van der Waals surface area contributed by atoms with Crippen molar-refractivity contribution in [2.75, 3.05) is 0 Å². The van der Waals surface area contributed by atoms with Gasteiger partial charge in [-0.25, -0.2) is 4.79 Å². The molecule has 1 aliphatic carbocycles. The minimum Gasteiger partial charge on any atom is -0.336 e. The van der Waals surface area contributed by atoms with Crippen LogP contribution in [-0.2, 0) is 11.3 Å². The van der Waals surface area contributed by atoms with E-state index in [-0.39, 0.29) is 24.5 Å². The molecule has 0 radical (unpaired) electrons. The minimum absolute atomic E-state index is 0.0656. The van der Waals surface area contributed by atoms with Gasteiger partial charge in [0.1, 0.15) is 6.54 Å². The molecule has 1 saturated carbocycles. The van der Waals surface area contributed by atoms with Crippen molar-refractivity contribution < 1.29 is 4.79 Å². The van der Waals surface area contributed by atoms with Crippen molar-refractivity contribution in [2.24, 2.45) is 0 Å². The van der Waals surface area contributed by atoms with Crippen LogP contribution in [-0.4, -0.2) is 42.7 Å². The molecule has 134 valence electrons. The Labute approximate surface area is 147 Å². The lowest BCUT2D eigenvalue weighted by Gasteiger charge is -2.37. The molecule has 7 heteroatoms. The summed E-state index contributed by atoms with van der Waals surface area (Å²) in [7, 11) is 0. The Morgan fingerprint density at radius 1 is 1.16 bits per heavy atom. The fourth-order valence-corrected chi connectivity index (χ4v) is 3.59. The monoisotopic (exact) mass is 343 g/mol. The van der Waals surface area contributed by atoms with Crippen molar-refractivity contribution >= 4 is 5.91 Å². The van der Waals surface area contributed by atoms with Gasteiger partial charge in [-0.3, -0.25) is 4.79 Å². The highest BCUT2D eigenvalue weighted by atomic mass is 16.2. The van der Waals surface area contributed by atoms with Crippen LogP contribution in [0, 0.1) is 0 Å². The third-order valence-corrected chi connectivity index (χ3v) is 4.74. The van der Waals surface area contributed by atoms with Crippen molar-refractivity contribution in [3.8, 4) is 5.69 Å². The Balaban J connectivity index is 1.78. The average molecular weight is 343 g/mol. The maximum atomic E-state index is 12.8. The molecule has 1 amide bonds. The van der Waals surface area contributed by atoms with Crippen molar-refractivity contribution in [1.29, 1.82) is 0 Å². The maximum absolute atomic E-state index is 12.8. The summed E-state index contributed by atoms with van der Waals surface area (Å²) in [4.78, 5) is 27.3. The molecule has 25 heavy (non-hydrogen) atoms. The van der Waals surface area contributed by atoms with Crippen molar-refractivity contribution in [3.63, 3.8) is 0 Å². The van der Waals surface area contributed by atoms with Gasteiger partial charge in [0.2, 0.25) is 5.91 Å². The molecule has 0 saturated heterocycles. The Kier molecular flexibility index (Phi) is 5.31. The smallest absolute Gasteiger partial charge is 0.336 e. The van der Waals surface area contributed by atoms with Crippen molar-refractivity contribution in [2.45, 2.75) is 64.6 Å². The Morgan fingerprint density at radius 2 is 1.84 bits per heavy atom. The van der Waals surface area contributed by atoms with Gasteiger partial charge in [0.25, 0.3) is 0 Å². The van der Waals surface area contributed by atoms with Gasteiger partial charge < -0.3 is 4.90 Å². The van der Waals surface area contributed by atoms with Crippen LogP contribution in [0.3, 0.4) is 0 Å². The maximum Gasteiger partial charge on any atom is 0.368 e. The predicted octanol–water partition coefficient (Wildman–Crippen LogP) is 2.00. The van der Waals surface area contributed by atoms with E-state index in [4.69, 9.17) is 0 Å². The molecule has 0 atom stereocenters. The molecule has 0 aliphatic heterocycles. The summed E-state index contributed by atoms with van der Waals surface area (Å²) in [5.74, 6) is -0.0656. The Morgan fingerprint density at radius 3 is 2.48 bits per heavy atom. The van der Waals surface area contributed by atoms with Crippen LogP contribution in [0.5, 0.6) is 0 Å². The van der Waals surface area contributed by atoms with Crippen LogP contribution in [0.1, 0.15) is 46.0 Å². The van der Waals surface area contributed by atoms with Crippen molar-refractivity contribution in [1.82, 2.24) is 24.7 Å². The summed E-state index contributed by atoms with van der Waals surface area (Å²) in [6, 6.07) is 9.46. The van der Waals surface area contributed by atoms with E-state index < -0.39 is 5.69 Å². The van der Waals surface area contributed by atoms with E-state index >= 15 is 0 Å². The summed E-state index contributed by atoms with van der Waals surface area (Å²) in [5.41, 5.74) is 0.242. The van der Waals surface area contributed by atoms with Crippen LogP contribution in [0.4, 0.5) is 0 Å². The number of hydrogen-bond acceptors (Lipinski definition) is 4. The lowest BCUT2D eigenvalue weighted by atomic mass is 9.93. The number of tetrazole rings is 1. The lowest BCUT2D eigenvalue weighted by molar-refractivity contribution is -0.137.